The molecule has 1 heterocycles. The summed E-state index contributed by atoms with van der Waals surface area (Å²) in [6.07, 6.45) is 3.29. The molecule has 108 valence electrons. The van der Waals surface area contributed by atoms with Gasteiger partial charge in [0.2, 0.25) is 0 Å². The zero-order valence-electron chi connectivity index (χ0n) is 13.4. The van der Waals surface area contributed by atoms with Gasteiger partial charge in [-0.05, 0) is 33.3 Å². The molecular formula is C16H28N2S. The standard InChI is InChI=1S/C16H28N2S/c1-8-12(10-17-16(5,6)7)9-13-11-19-14(18-13)15(2,3)4/h9,11,17H,8,10H2,1-7H3. The lowest BCUT2D eigenvalue weighted by Gasteiger charge is -2.21. The Morgan fingerprint density at radius 1 is 1.26 bits per heavy atom. The quantitative estimate of drug-likeness (QED) is 0.870. The Hall–Kier alpha value is -0.670. The molecule has 2 nitrogen and oxygen atoms in total. The second-order valence-corrected chi connectivity index (χ2v) is 7.95. The van der Waals surface area contributed by atoms with Crippen LogP contribution < -0.4 is 5.32 Å². The van der Waals surface area contributed by atoms with E-state index in [9.17, 15) is 0 Å². The largest absolute Gasteiger partial charge is 0.308 e. The van der Waals surface area contributed by atoms with Crippen molar-refractivity contribution in [3.63, 3.8) is 0 Å². The molecule has 0 spiro atoms. The van der Waals surface area contributed by atoms with Gasteiger partial charge in [-0.15, -0.1) is 11.3 Å². The molecule has 1 N–H and O–H groups in total. The molecule has 1 aromatic rings. The maximum atomic E-state index is 4.73. The van der Waals surface area contributed by atoms with E-state index in [1.165, 1.54) is 10.6 Å². The number of hydrogen-bond donors (Lipinski definition) is 1. The van der Waals surface area contributed by atoms with Gasteiger partial charge in [0.15, 0.2) is 0 Å². The zero-order chi connectivity index (χ0) is 14.7. The topological polar surface area (TPSA) is 24.9 Å². The molecule has 0 aliphatic carbocycles. The van der Waals surface area contributed by atoms with Gasteiger partial charge in [-0.2, -0.15) is 0 Å². The number of hydrogen-bond acceptors (Lipinski definition) is 3. The summed E-state index contributed by atoms with van der Waals surface area (Å²) in [6, 6.07) is 0. The normalized spacial score (nSPS) is 13.9. The molecule has 0 atom stereocenters. The maximum absolute atomic E-state index is 4.73. The van der Waals surface area contributed by atoms with Gasteiger partial charge in [-0.3, -0.25) is 0 Å². The Morgan fingerprint density at radius 2 is 1.89 bits per heavy atom. The Kier molecular flexibility index (Phi) is 5.34. The second kappa shape index (κ2) is 6.19. The fourth-order valence-electron chi connectivity index (χ4n) is 1.56. The fourth-order valence-corrected chi connectivity index (χ4v) is 2.43. The SMILES string of the molecule is CCC(=Cc1csc(C(C)(C)C)n1)CNC(C)(C)C. The van der Waals surface area contributed by atoms with E-state index in [0.29, 0.717) is 0 Å². The molecule has 0 aliphatic rings. The van der Waals surface area contributed by atoms with E-state index >= 15 is 0 Å². The van der Waals surface area contributed by atoms with Gasteiger partial charge < -0.3 is 5.32 Å². The smallest absolute Gasteiger partial charge is 0.0985 e. The average molecular weight is 280 g/mol. The molecule has 19 heavy (non-hydrogen) atoms. The van der Waals surface area contributed by atoms with Crippen LogP contribution in [0.1, 0.15) is 65.6 Å². The molecule has 0 radical (unpaired) electrons. The highest BCUT2D eigenvalue weighted by molar-refractivity contribution is 7.09. The summed E-state index contributed by atoms with van der Waals surface area (Å²) in [5.74, 6) is 0. The third-order valence-corrected chi connectivity index (χ3v) is 4.10. The Balaban J connectivity index is 2.78. The van der Waals surface area contributed by atoms with E-state index in [-0.39, 0.29) is 11.0 Å². The molecule has 0 bridgehead atoms. The Morgan fingerprint density at radius 3 is 2.32 bits per heavy atom. The summed E-state index contributed by atoms with van der Waals surface area (Å²) < 4.78 is 0. The van der Waals surface area contributed by atoms with Crippen LogP contribution >= 0.6 is 11.3 Å². The van der Waals surface area contributed by atoms with Crippen molar-refractivity contribution in [1.29, 1.82) is 0 Å². The predicted octanol–water partition coefficient (Wildman–Crippen LogP) is 4.62. The van der Waals surface area contributed by atoms with E-state index in [0.717, 1.165) is 18.7 Å². The summed E-state index contributed by atoms with van der Waals surface area (Å²) >= 11 is 1.76. The summed E-state index contributed by atoms with van der Waals surface area (Å²) in [5, 5.41) is 6.90. The predicted molar refractivity (Wildman–Crippen MR) is 86.8 cm³/mol. The molecule has 0 saturated heterocycles. The summed E-state index contributed by atoms with van der Waals surface area (Å²) in [4.78, 5) is 4.73. The van der Waals surface area contributed by atoms with E-state index in [2.05, 4.69) is 65.2 Å². The van der Waals surface area contributed by atoms with Gasteiger partial charge >= 0.3 is 0 Å². The molecule has 0 saturated carbocycles. The highest BCUT2D eigenvalue weighted by Gasteiger charge is 2.17. The molecule has 1 rings (SSSR count). The van der Waals surface area contributed by atoms with Crippen molar-refractivity contribution in [2.75, 3.05) is 6.54 Å². The van der Waals surface area contributed by atoms with Crippen LogP contribution in [0.25, 0.3) is 6.08 Å². The van der Waals surface area contributed by atoms with E-state index in [1.807, 2.05) is 0 Å². The van der Waals surface area contributed by atoms with Gasteiger partial charge in [0, 0.05) is 22.9 Å². The third-order valence-electron chi connectivity index (χ3n) is 2.82. The van der Waals surface area contributed by atoms with Crippen LogP contribution in [0.4, 0.5) is 0 Å². The van der Waals surface area contributed by atoms with Crippen molar-refractivity contribution in [3.8, 4) is 0 Å². The Bertz CT molecular complexity index is 430. The van der Waals surface area contributed by atoms with Crippen molar-refractivity contribution >= 4 is 17.4 Å². The number of thiazole rings is 1. The summed E-state index contributed by atoms with van der Waals surface area (Å²) in [7, 11) is 0. The average Bonchev–Trinajstić information content (AvgIpc) is 2.70. The molecular weight excluding hydrogens is 252 g/mol. The second-order valence-electron chi connectivity index (χ2n) is 7.09. The van der Waals surface area contributed by atoms with Crippen LogP contribution in [-0.2, 0) is 5.41 Å². The van der Waals surface area contributed by atoms with Crippen molar-refractivity contribution in [3.05, 3.63) is 21.7 Å². The fraction of sp³-hybridized carbons (Fsp3) is 0.688. The summed E-state index contributed by atoms with van der Waals surface area (Å²) in [6.45, 7) is 16.3. The van der Waals surface area contributed by atoms with Crippen LogP contribution in [0.15, 0.2) is 11.0 Å². The van der Waals surface area contributed by atoms with Crippen molar-refractivity contribution in [1.82, 2.24) is 10.3 Å². The van der Waals surface area contributed by atoms with Gasteiger partial charge in [0.05, 0.1) is 10.7 Å². The Labute approximate surface area is 122 Å². The van der Waals surface area contributed by atoms with Gasteiger partial charge in [-0.1, -0.05) is 33.3 Å². The highest BCUT2D eigenvalue weighted by Crippen LogP contribution is 2.26. The van der Waals surface area contributed by atoms with Crippen LogP contribution in [0.2, 0.25) is 0 Å². The minimum atomic E-state index is 0.146. The van der Waals surface area contributed by atoms with Crippen LogP contribution in [-0.4, -0.2) is 17.1 Å². The molecule has 0 aliphatic heterocycles. The maximum Gasteiger partial charge on any atom is 0.0985 e. The molecule has 0 unspecified atom stereocenters. The monoisotopic (exact) mass is 280 g/mol. The van der Waals surface area contributed by atoms with Crippen LogP contribution in [0, 0.1) is 0 Å². The summed E-state index contributed by atoms with van der Waals surface area (Å²) in [5.41, 5.74) is 2.81. The first-order chi connectivity index (χ1) is 8.62. The molecule has 3 heteroatoms. The molecule has 0 fully saturated rings. The van der Waals surface area contributed by atoms with Crippen molar-refractivity contribution in [2.24, 2.45) is 0 Å². The van der Waals surface area contributed by atoms with Gasteiger partial charge in [0.1, 0.15) is 0 Å². The zero-order valence-corrected chi connectivity index (χ0v) is 14.2. The lowest BCUT2D eigenvalue weighted by atomic mass is 9.98. The third kappa shape index (κ3) is 5.87. The highest BCUT2D eigenvalue weighted by atomic mass is 32.1. The lowest BCUT2D eigenvalue weighted by Crippen LogP contribution is -2.36. The van der Waals surface area contributed by atoms with Gasteiger partial charge in [0.25, 0.3) is 0 Å². The first-order valence-corrected chi connectivity index (χ1v) is 7.90. The van der Waals surface area contributed by atoms with Crippen LogP contribution in [0.3, 0.4) is 0 Å². The minimum absolute atomic E-state index is 0.146. The number of nitrogens with zero attached hydrogens (tertiary/aromatic N) is 1. The first kappa shape index (κ1) is 16.4. The lowest BCUT2D eigenvalue weighted by molar-refractivity contribution is 0.443. The molecule has 1 aromatic heterocycles. The van der Waals surface area contributed by atoms with Crippen LogP contribution in [0.5, 0.6) is 0 Å². The molecule has 0 amide bonds. The number of aromatic nitrogens is 1. The van der Waals surface area contributed by atoms with E-state index in [4.69, 9.17) is 4.98 Å². The first-order valence-electron chi connectivity index (χ1n) is 7.02. The van der Waals surface area contributed by atoms with Gasteiger partial charge in [-0.25, -0.2) is 4.98 Å². The van der Waals surface area contributed by atoms with E-state index < -0.39 is 0 Å². The minimum Gasteiger partial charge on any atom is -0.308 e. The van der Waals surface area contributed by atoms with Crippen molar-refractivity contribution < 1.29 is 0 Å². The van der Waals surface area contributed by atoms with Crippen molar-refractivity contribution in [2.45, 2.75) is 65.8 Å². The number of nitrogens with one attached hydrogen (secondary N) is 1. The van der Waals surface area contributed by atoms with E-state index in [1.54, 1.807) is 11.3 Å². The number of rotatable bonds is 4. The molecule has 0 aromatic carbocycles.